The van der Waals surface area contributed by atoms with Gasteiger partial charge in [0.2, 0.25) is 0 Å². The summed E-state index contributed by atoms with van der Waals surface area (Å²) in [6.45, 7) is 10.9. The summed E-state index contributed by atoms with van der Waals surface area (Å²) in [5.41, 5.74) is 0. The van der Waals surface area contributed by atoms with E-state index in [1.165, 1.54) is 32.1 Å². The molecule has 0 amide bonds. The summed E-state index contributed by atoms with van der Waals surface area (Å²) in [5, 5.41) is 3.52. The summed E-state index contributed by atoms with van der Waals surface area (Å²) in [6, 6.07) is 0.591. The lowest BCUT2D eigenvalue weighted by Gasteiger charge is -2.28. The zero-order valence-electron chi connectivity index (χ0n) is 12.2. The average molecular weight is 241 g/mol. The van der Waals surface area contributed by atoms with Gasteiger partial charge >= 0.3 is 0 Å². The second-order valence-corrected chi connectivity index (χ2v) is 5.92. The van der Waals surface area contributed by atoms with E-state index in [4.69, 9.17) is 4.74 Å². The normalized spacial score (nSPS) is 27.4. The van der Waals surface area contributed by atoms with Crippen LogP contribution in [0.25, 0.3) is 0 Å². The van der Waals surface area contributed by atoms with Crippen LogP contribution in [-0.2, 0) is 4.74 Å². The average Bonchev–Trinajstić information content (AvgIpc) is 2.34. The van der Waals surface area contributed by atoms with Gasteiger partial charge in [-0.05, 0) is 31.6 Å². The van der Waals surface area contributed by atoms with Crippen molar-refractivity contribution in [1.29, 1.82) is 0 Å². The Morgan fingerprint density at radius 3 is 2.65 bits per heavy atom. The van der Waals surface area contributed by atoms with Gasteiger partial charge in [0.05, 0.1) is 12.7 Å². The van der Waals surface area contributed by atoms with Crippen molar-refractivity contribution in [3.63, 3.8) is 0 Å². The van der Waals surface area contributed by atoms with E-state index in [9.17, 15) is 0 Å². The third-order valence-corrected chi connectivity index (χ3v) is 4.23. The Hall–Kier alpha value is -0.0800. The molecule has 1 fully saturated rings. The summed E-state index contributed by atoms with van der Waals surface area (Å²) < 4.78 is 5.98. The molecule has 102 valence electrons. The molecule has 17 heavy (non-hydrogen) atoms. The van der Waals surface area contributed by atoms with E-state index in [0.29, 0.717) is 18.1 Å². The molecule has 0 radical (unpaired) electrons. The van der Waals surface area contributed by atoms with Gasteiger partial charge in [-0.25, -0.2) is 0 Å². The third-order valence-electron chi connectivity index (χ3n) is 4.23. The monoisotopic (exact) mass is 241 g/mol. The van der Waals surface area contributed by atoms with Crippen molar-refractivity contribution in [3.8, 4) is 0 Å². The number of ether oxygens (including phenoxy) is 1. The molecule has 2 nitrogen and oxygen atoms in total. The van der Waals surface area contributed by atoms with Crippen molar-refractivity contribution in [2.45, 2.75) is 71.9 Å². The molecule has 1 N–H and O–H groups in total. The Morgan fingerprint density at radius 1 is 1.24 bits per heavy atom. The second kappa shape index (κ2) is 8.10. The minimum atomic E-state index is 0.532. The summed E-state index contributed by atoms with van der Waals surface area (Å²) in [6.07, 6.45) is 7.19. The predicted molar refractivity (Wildman–Crippen MR) is 74.3 cm³/mol. The van der Waals surface area contributed by atoms with Crippen LogP contribution in [0.15, 0.2) is 0 Å². The standard InChI is InChI=1S/C15H31NO/c1-5-14-7-6-8-15(11-14)17-10-9-16-13(4)12(2)3/h12-16H,5-11H2,1-4H3. The van der Waals surface area contributed by atoms with Crippen molar-refractivity contribution in [3.05, 3.63) is 0 Å². The lowest BCUT2D eigenvalue weighted by molar-refractivity contribution is 0.0132. The van der Waals surface area contributed by atoms with Crippen LogP contribution in [0, 0.1) is 11.8 Å². The van der Waals surface area contributed by atoms with E-state index < -0.39 is 0 Å². The largest absolute Gasteiger partial charge is 0.377 e. The maximum atomic E-state index is 5.98. The fourth-order valence-corrected chi connectivity index (χ4v) is 2.51. The van der Waals surface area contributed by atoms with Gasteiger partial charge in [0.15, 0.2) is 0 Å². The second-order valence-electron chi connectivity index (χ2n) is 5.92. The minimum absolute atomic E-state index is 0.532. The Kier molecular flexibility index (Phi) is 7.14. The Bertz CT molecular complexity index is 193. The summed E-state index contributed by atoms with van der Waals surface area (Å²) in [5.74, 6) is 1.62. The van der Waals surface area contributed by atoms with Crippen molar-refractivity contribution in [1.82, 2.24) is 5.32 Å². The van der Waals surface area contributed by atoms with Gasteiger partial charge in [-0.1, -0.05) is 40.0 Å². The molecule has 0 heterocycles. The van der Waals surface area contributed by atoms with E-state index in [-0.39, 0.29) is 0 Å². The van der Waals surface area contributed by atoms with Crippen LogP contribution in [-0.4, -0.2) is 25.3 Å². The quantitative estimate of drug-likeness (QED) is 0.688. The molecule has 0 spiro atoms. The van der Waals surface area contributed by atoms with Crippen molar-refractivity contribution in [2.24, 2.45) is 11.8 Å². The SMILES string of the molecule is CCC1CCCC(OCCNC(C)C(C)C)C1. The summed E-state index contributed by atoms with van der Waals surface area (Å²) >= 11 is 0. The van der Waals surface area contributed by atoms with Gasteiger partial charge in [-0.15, -0.1) is 0 Å². The van der Waals surface area contributed by atoms with Gasteiger partial charge in [0.25, 0.3) is 0 Å². The molecule has 1 aliphatic rings. The molecule has 1 saturated carbocycles. The highest BCUT2D eigenvalue weighted by molar-refractivity contribution is 4.73. The fraction of sp³-hybridized carbons (Fsp3) is 1.00. The van der Waals surface area contributed by atoms with E-state index >= 15 is 0 Å². The maximum absolute atomic E-state index is 5.98. The fourth-order valence-electron chi connectivity index (χ4n) is 2.51. The zero-order chi connectivity index (χ0) is 12.7. The molecule has 1 rings (SSSR count). The number of hydrogen-bond donors (Lipinski definition) is 1. The molecule has 0 aromatic heterocycles. The highest BCUT2D eigenvalue weighted by Gasteiger charge is 2.20. The molecule has 0 bridgehead atoms. The lowest BCUT2D eigenvalue weighted by atomic mass is 9.85. The molecule has 3 unspecified atom stereocenters. The molecule has 0 aliphatic heterocycles. The topological polar surface area (TPSA) is 21.3 Å². The van der Waals surface area contributed by atoms with Crippen LogP contribution in [0.2, 0.25) is 0 Å². The van der Waals surface area contributed by atoms with E-state index in [1.807, 2.05) is 0 Å². The summed E-state index contributed by atoms with van der Waals surface area (Å²) in [7, 11) is 0. The Balaban J connectivity index is 2.06. The van der Waals surface area contributed by atoms with Gasteiger partial charge in [0.1, 0.15) is 0 Å². The first-order valence-corrected chi connectivity index (χ1v) is 7.48. The minimum Gasteiger partial charge on any atom is -0.377 e. The molecule has 3 atom stereocenters. The predicted octanol–water partition coefficient (Wildman–Crippen LogP) is 3.61. The number of hydrogen-bond acceptors (Lipinski definition) is 2. The lowest BCUT2D eigenvalue weighted by Crippen LogP contribution is -2.34. The third kappa shape index (κ3) is 5.87. The van der Waals surface area contributed by atoms with Gasteiger partial charge in [-0.2, -0.15) is 0 Å². The van der Waals surface area contributed by atoms with Crippen LogP contribution in [0.5, 0.6) is 0 Å². The highest BCUT2D eigenvalue weighted by Crippen LogP contribution is 2.28. The van der Waals surface area contributed by atoms with Crippen molar-refractivity contribution >= 4 is 0 Å². The molecule has 0 saturated heterocycles. The van der Waals surface area contributed by atoms with Crippen LogP contribution in [0.4, 0.5) is 0 Å². The number of nitrogens with one attached hydrogen (secondary N) is 1. The maximum Gasteiger partial charge on any atom is 0.0594 e. The first kappa shape index (κ1) is 15.0. The Labute approximate surface area is 108 Å². The van der Waals surface area contributed by atoms with E-state index in [2.05, 4.69) is 33.0 Å². The molecule has 0 aromatic carbocycles. The molecular weight excluding hydrogens is 210 g/mol. The highest BCUT2D eigenvalue weighted by atomic mass is 16.5. The Morgan fingerprint density at radius 2 is 2.00 bits per heavy atom. The number of rotatable bonds is 7. The van der Waals surface area contributed by atoms with Gasteiger partial charge < -0.3 is 10.1 Å². The van der Waals surface area contributed by atoms with Crippen molar-refractivity contribution < 1.29 is 4.74 Å². The molecule has 2 heteroatoms. The van der Waals surface area contributed by atoms with Crippen LogP contribution in [0.1, 0.15) is 59.8 Å². The van der Waals surface area contributed by atoms with Crippen LogP contribution in [0.3, 0.4) is 0 Å². The van der Waals surface area contributed by atoms with Gasteiger partial charge in [-0.3, -0.25) is 0 Å². The molecule has 1 aliphatic carbocycles. The van der Waals surface area contributed by atoms with Gasteiger partial charge in [0, 0.05) is 12.6 Å². The van der Waals surface area contributed by atoms with E-state index in [1.54, 1.807) is 0 Å². The first-order chi connectivity index (χ1) is 8.13. The summed E-state index contributed by atoms with van der Waals surface area (Å²) in [4.78, 5) is 0. The molecular formula is C15H31NO. The smallest absolute Gasteiger partial charge is 0.0594 e. The van der Waals surface area contributed by atoms with E-state index in [0.717, 1.165) is 19.1 Å². The first-order valence-electron chi connectivity index (χ1n) is 7.48. The van der Waals surface area contributed by atoms with Crippen molar-refractivity contribution in [2.75, 3.05) is 13.2 Å². The van der Waals surface area contributed by atoms with Crippen LogP contribution < -0.4 is 5.32 Å². The molecule has 0 aromatic rings. The van der Waals surface area contributed by atoms with Crippen LogP contribution >= 0.6 is 0 Å². The zero-order valence-corrected chi connectivity index (χ0v) is 12.2.